The standard InChI is InChI=1S/C17H15F3N6O/c1-9-10(2)26(11(3)24-9)16-22-7-13(8-23-16)25-15(27)12-4-5-14(21-6-12)17(18,19)20/h4-8H,1-3H3,(H,25,27). The lowest BCUT2D eigenvalue weighted by molar-refractivity contribution is -0.141. The van der Waals surface area contributed by atoms with E-state index in [0.29, 0.717) is 11.6 Å². The number of imidazole rings is 1. The van der Waals surface area contributed by atoms with Crippen LogP contribution in [0.25, 0.3) is 5.95 Å². The van der Waals surface area contributed by atoms with E-state index in [0.717, 1.165) is 35.5 Å². The van der Waals surface area contributed by atoms with E-state index in [1.165, 1.54) is 12.4 Å². The van der Waals surface area contributed by atoms with Gasteiger partial charge in [-0.15, -0.1) is 0 Å². The minimum absolute atomic E-state index is 0.0102. The van der Waals surface area contributed by atoms with Gasteiger partial charge in [-0.25, -0.2) is 15.0 Å². The molecule has 0 bridgehead atoms. The zero-order valence-electron chi connectivity index (χ0n) is 14.7. The van der Waals surface area contributed by atoms with Crippen LogP contribution >= 0.6 is 0 Å². The molecule has 0 aromatic carbocycles. The summed E-state index contributed by atoms with van der Waals surface area (Å²) < 4.78 is 39.3. The summed E-state index contributed by atoms with van der Waals surface area (Å²) in [5.41, 5.74) is 0.997. The Morgan fingerprint density at radius 2 is 1.70 bits per heavy atom. The van der Waals surface area contributed by atoms with E-state index in [1.54, 1.807) is 4.57 Å². The molecule has 1 N–H and O–H groups in total. The lowest BCUT2D eigenvalue weighted by Gasteiger charge is -2.09. The minimum atomic E-state index is -4.55. The Morgan fingerprint density at radius 1 is 1.04 bits per heavy atom. The van der Waals surface area contributed by atoms with Crippen molar-refractivity contribution in [3.8, 4) is 5.95 Å². The van der Waals surface area contributed by atoms with Crippen molar-refractivity contribution in [3.05, 3.63) is 59.2 Å². The molecule has 3 aromatic heterocycles. The number of hydrogen-bond donors (Lipinski definition) is 1. The van der Waals surface area contributed by atoms with Crippen LogP contribution in [0.3, 0.4) is 0 Å². The number of anilines is 1. The molecule has 0 fully saturated rings. The third-order valence-electron chi connectivity index (χ3n) is 3.92. The average molecular weight is 376 g/mol. The number of aryl methyl sites for hydroxylation is 2. The Balaban J connectivity index is 1.75. The average Bonchev–Trinajstić information content (AvgIpc) is 2.87. The Labute approximate surface area is 152 Å². The topological polar surface area (TPSA) is 85.6 Å². The molecule has 3 rings (SSSR count). The van der Waals surface area contributed by atoms with Crippen LogP contribution in [0, 0.1) is 20.8 Å². The molecule has 10 heteroatoms. The molecule has 0 radical (unpaired) electrons. The molecule has 140 valence electrons. The van der Waals surface area contributed by atoms with Gasteiger partial charge in [0.1, 0.15) is 11.5 Å². The fourth-order valence-corrected chi connectivity index (χ4v) is 2.47. The molecular weight excluding hydrogens is 361 g/mol. The van der Waals surface area contributed by atoms with Crippen molar-refractivity contribution in [2.75, 3.05) is 5.32 Å². The molecule has 0 aliphatic rings. The molecule has 0 saturated heterocycles. The van der Waals surface area contributed by atoms with Gasteiger partial charge in [0.15, 0.2) is 0 Å². The van der Waals surface area contributed by atoms with Crippen molar-refractivity contribution >= 4 is 11.6 Å². The molecule has 3 heterocycles. The minimum Gasteiger partial charge on any atom is -0.319 e. The largest absolute Gasteiger partial charge is 0.433 e. The van der Waals surface area contributed by atoms with Gasteiger partial charge in [0.25, 0.3) is 5.91 Å². The quantitative estimate of drug-likeness (QED) is 0.758. The molecular formula is C17H15F3N6O. The Morgan fingerprint density at radius 3 is 2.19 bits per heavy atom. The van der Waals surface area contributed by atoms with Crippen LogP contribution in [0.4, 0.5) is 18.9 Å². The second-order valence-electron chi connectivity index (χ2n) is 5.82. The first kappa shape index (κ1) is 18.5. The number of hydrogen-bond acceptors (Lipinski definition) is 5. The number of nitrogens with zero attached hydrogens (tertiary/aromatic N) is 5. The summed E-state index contributed by atoms with van der Waals surface area (Å²) in [4.78, 5) is 28.2. The van der Waals surface area contributed by atoms with Crippen LogP contribution in [0.15, 0.2) is 30.7 Å². The summed E-state index contributed by atoms with van der Waals surface area (Å²) >= 11 is 0. The zero-order chi connectivity index (χ0) is 19.8. The van der Waals surface area contributed by atoms with E-state index in [1.807, 2.05) is 20.8 Å². The first-order chi connectivity index (χ1) is 12.7. The number of aromatic nitrogens is 5. The molecule has 1 amide bonds. The zero-order valence-corrected chi connectivity index (χ0v) is 14.7. The molecule has 0 atom stereocenters. The number of carbonyl (C=O) groups excluding carboxylic acids is 1. The Hall–Kier alpha value is -3.30. The van der Waals surface area contributed by atoms with Gasteiger partial charge in [-0.05, 0) is 32.9 Å². The van der Waals surface area contributed by atoms with Gasteiger partial charge in [0, 0.05) is 11.9 Å². The lowest BCUT2D eigenvalue weighted by Crippen LogP contribution is -2.15. The smallest absolute Gasteiger partial charge is 0.319 e. The van der Waals surface area contributed by atoms with Crippen molar-refractivity contribution in [2.45, 2.75) is 26.9 Å². The molecule has 0 aliphatic heterocycles. The fraction of sp³-hybridized carbons (Fsp3) is 0.235. The van der Waals surface area contributed by atoms with E-state index < -0.39 is 17.8 Å². The summed E-state index contributed by atoms with van der Waals surface area (Å²) in [6.45, 7) is 5.61. The molecule has 0 aliphatic carbocycles. The number of rotatable bonds is 3. The SMILES string of the molecule is Cc1nc(C)n(-c2ncc(NC(=O)c3ccc(C(F)(F)F)nc3)cn2)c1C. The molecule has 0 unspecified atom stereocenters. The fourth-order valence-electron chi connectivity index (χ4n) is 2.47. The monoisotopic (exact) mass is 376 g/mol. The van der Waals surface area contributed by atoms with E-state index >= 15 is 0 Å². The first-order valence-corrected chi connectivity index (χ1v) is 7.86. The first-order valence-electron chi connectivity index (χ1n) is 7.86. The van der Waals surface area contributed by atoms with Crippen LogP contribution in [-0.2, 0) is 6.18 Å². The highest BCUT2D eigenvalue weighted by Gasteiger charge is 2.32. The van der Waals surface area contributed by atoms with Crippen LogP contribution in [-0.4, -0.2) is 30.4 Å². The van der Waals surface area contributed by atoms with E-state index in [2.05, 4.69) is 25.3 Å². The summed E-state index contributed by atoms with van der Waals surface area (Å²) in [6.07, 6.45) is -0.868. The van der Waals surface area contributed by atoms with Crippen LogP contribution in [0.5, 0.6) is 0 Å². The molecule has 3 aromatic rings. The van der Waals surface area contributed by atoms with Crippen molar-refractivity contribution in [1.29, 1.82) is 0 Å². The van der Waals surface area contributed by atoms with Gasteiger partial charge in [-0.3, -0.25) is 14.3 Å². The van der Waals surface area contributed by atoms with Crippen LogP contribution < -0.4 is 5.32 Å². The highest BCUT2D eigenvalue weighted by Crippen LogP contribution is 2.27. The van der Waals surface area contributed by atoms with Gasteiger partial charge in [0.2, 0.25) is 5.95 Å². The van der Waals surface area contributed by atoms with Gasteiger partial charge in [0.05, 0.1) is 29.3 Å². The summed E-state index contributed by atoms with van der Waals surface area (Å²) in [5.74, 6) is 0.524. The normalized spacial score (nSPS) is 11.5. The maximum atomic E-state index is 12.5. The van der Waals surface area contributed by atoms with E-state index in [4.69, 9.17) is 0 Å². The van der Waals surface area contributed by atoms with Crippen molar-refractivity contribution in [2.24, 2.45) is 0 Å². The molecule has 0 saturated carbocycles. The number of nitrogens with one attached hydrogen (secondary N) is 1. The van der Waals surface area contributed by atoms with Crippen LogP contribution in [0.2, 0.25) is 0 Å². The third kappa shape index (κ3) is 3.78. The predicted octanol–water partition coefficient (Wildman–Crippen LogP) is 3.25. The van der Waals surface area contributed by atoms with Gasteiger partial charge in [-0.2, -0.15) is 13.2 Å². The highest BCUT2D eigenvalue weighted by atomic mass is 19.4. The maximum Gasteiger partial charge on any atom is 0.433 e. The van der Waals surface area contributed by atoms with Crippen LogP contribution in [0.1, 0.15) is 33.3 Å². The van der Waals surface area contributed by atoms with Gasteiger partial charge in [-0.1, -0.05) is 0 Å². The van der Waals surface area contributed by atoms with E-state index in [-0.39, 0.29) is 5.56 Å². The van der Waals surface area contributed by atoms with Gasteiger partial charge < -0.3 is 5.32 Å². The number of carbonyl (C=O) groups is 1. The summed E-state index contributed by atoms with van der Waals surface area (Å²) in [6, 6.07) is 1.81. The number of alkyl halides is 3. The number of halogens is 3. The van der Waals surface area contributed by atoms with Crippen molar-refractivity contribution in [1.82, 2.24) is 24.5 Å². The second-order valence-corrected chi connectivity index (χ2v) is 5.82. The second kappa shape index (κ2) is 6.78. The summed E-state index contributed by atoms with van der Waals surface area (Å²) in [7, 11) is 0. The maximum absolute atomic E-state index is 12.5. The highest BCUT2D eigenvalue weighted by molar-refractivity contribution is 6.03. The van der Waals surface area contributed by atoms with Gasteiger partial charge >= 0.3 is 6.18 Å². The van der Waals surface area contributed by atoms with E-state index in [9.17, 15) is 18.0 Å². The third-order valence-corrected chi connectivity index (χ3v) is 3.92. The van der Waals surface area contributed by atoms with Crippen molar-refractivity contribution in [3.63, 3.8) is 0 Å². The summed E-state index contributed by atoms with van der Waals surface area (Å²) in [5, 5.41) is 2.52. The lowest BCUT2D eigenvalue weighted by atomic mass is 10.2. The van der Waals surface area contributed by atoms with Crippen molar-refractivity contribution < 1.29 is 18.0 Å². The Kier molecular flexibility index (Phi) is 4.64. The Bertz CT molecular complexity index is 978. The predicted molar refractivity (Wildman–Crippen MR) is 90.6 cm³/mol. The number of amides is 1. The number of pyridine rings is 1. The molecule has 27 heavy (non-hydrogen) atoms. The molecule has 0 spiro atoms. The molecule has 7 nitrogen and oxygen atoms in total.